The minimum Gasteiger partial charge on any atom is -0.321 e. The maximum Gasteiger partial charge on any atom is 0.288 e. The van der Waals surface area contributed by atoms with Crippen molar-refractivity contribution in [1.82, 2.24) is 4.98 Å². The van der Waals surface area contributed by atoms with Crippen LogP contribution < -0.4 is 5.32 Å². The van der Waals surface area contributed by atoms with Crippen LogP contribution in [0.2, 0.25) is 5.15 Å². The predicted octanol–water partition coefficient (Wildman–Crippen LogP) is 3.80. The molecule has 0 aliphatic carbocycles. The molecule has 0 aliphatic heterocycles. The molecular weight excluding hydrogens is 369 g/mol. The fraction of sp³-hybridized carbons (Fsp3) is 0. The summed E-state index contributed by atoms with van der Waals surface area (Å²) in [6.07, 6.45) is 0.942. The number of halogens is 3. The van der Waals surface area contributed by atoms with Gasteiger partial charge in [0.2, 0.25) is 0 Å². The van der Waals surface area contributed by atoms with Gasteiger partial charge in [-0.3, -0.25) is 14.9 Å². The second kappa shape index (κ2) is 6.15. The van der Waals surface area contributed by atoms with Gasteiger partial charge in [-0.05, 0) is 34.1 Å². The highest BCUT2D eigenvalue weighted by molar-refractivity contribution is 9.10. The number of pyridine rings is 1. The first-order valence-electron chi connectivity index (χ1n) is 5.45. The molecule has 1 aromatic carbocycles. The monoisotopic (exact) mass is 373 g/mol. The molecule has 2 aromatic rings. The highest BCUT2D eigenvalue weighted by atomic mass is 79.9. The first-order chi connectivity index (χ1) is 9.88. The van der Waals surface area contributed by atoms with Crippen LogP contribution in [0.3, 0.4) is 0 Å². The van der Waals surface area contributed by atoms with Crippen LogP contribution in [0.4, 0.5) is 15.8 Å². The summed E-state index contributed by atoms with van der Waals surface area (Å²) < 4.78 is 13.6. The van der Waals surface area contributed by atoms with Crippen LogP contribution in [-0.4, -0.2) is 15.8 Å². The Kier molecular flexibility index (Phi) is 4.49. The van der Waals surface area contributed by atoms with Gasteiger partial charge in [0.15, 0.2) is 0 Å². The fourth-order valence-corrected chi connectivity index (χ4v) is 2.01. The van der Waals surface area contributed by atoms with Crippen LogP contribution >= 0.6 is 27.5 Å². The number of amides is 1. The van der Waals surface area contributed by atoms with Crippen molar-refractivity contribution in [2.75, 3.05) is 5.32 Å². The smallest absolute Gasteiger partial charge is 0.288 e. The van der Waals surface area contributed by atoms with Gasteiger partial charge in [0.25, 0.3) is 11.6 Å². The van der Waals surface area contributed by atoms with Gasteiger partial charge in [0.05, 0.1) is 16.2 Å². The Balaban J connectivity index is 2.34. The van der Waals surface area contributed by atoms with Crippen LogP contribution in [0.15, 0.2) is 34.9 Å². The van der Waals surface area contributed by atoms with Crippen molar-refractivity contribution >= 4 is 44.8 Å². The van der Waals surface area contributed by atoms with Crippen LogP contribution in [0.5, 0.6) is 0 Å². The maximum atomic E-state index is 13.1. The summed E-state index contributed by atoms with van der Waals surface area (Å²) in [6, 6.07) is 4.72. The molecule has 6 nitrogen and oxygen atoms in total. The molecule has 0 unspecified atom stereocenters. The molecule has 1 amide bonds. The second-order valence-corrected chi connectivity index (χ2v) is 5.08. The van der Waals surface area contributed by atoms with Gasteiger partial charge in [-0.15, -0.1) is 0 Å². The molecule has 0 fully saturated rings. The third kappa shape index (κ3) is 3.53. The quantitative estimate of drug-likeness (QED) is 0.503. The van der Waals surface area contributed by atoms with E-state index in [1.165, 1.54) is 12.1 Å². The molecule has 0 bridgehead atoms. The Labute approximate surface area is 131 Å². The Morgan fingerprint density at radius 1 is 1.43 bits per heavy atom. The Morgan fingerprint density at radius 2 is 2.14 bits per heavy atom. The Hall–Kier alpha value is -2.06. The van der Waals surface area contributed by atoms with Crippen molar-refractivity contribution in [3.63, 3.8) is 0 Å². The Morgan fingerprint density at radius 3 is 2.81 bits per heavy atom. The van der Waals surface area contributed by atoms with Gasteiger partial charge < -0.3 is 5.32 Å². The van der Waals surface area contributed by atoms with Crippen LogP contribution in [0.1, 0.15) is 10.4 Å². The minimum atomic E-state index is -0.734. The summed E-state index contributed by atoms with van der Waals surface area (Å²) in [5.74, 6) is -1.28. The summed E-state index contributed by atoms with van der Waals surface area (Å²) in [7, 11) is 0. The number of benzene rings is 1. The van der Waals surface area contributed by atoms with E-state index < -0.39 is 16.6 Å². The number of carbonyl (C=O) groups excluding carboxylic acids is 1. The van der Waals surface area contributed by atoms with Crippen molar-refractivity contribution in [1.29, 1.82) is 0 Å². The van der Waals surface area contributed by atoms with E-state index in [0.29, 0.717) is 4.47 Å². The zero-order valence-corrected chi connectivity index (χ0v) is 12.5. The average molecular weight is 375 g/mol. The molecule has 0 spiro atoms. The number of nitro groups is 1. The molecule has 108 valence electrons. The summed E-state index contributed by atoms with van der Waals surface area (Å²) >= 11 is 8.90. The lowest BCUT2D eigenvalue weighted by Crippen LogP contribution is -2.14. The molecule has 1 heterocycles. The molecule has 2 rings (SSSR count). The summed E-state index contributed by atoms with van der Waals surface area (Å²) in [4.78, 5) is 25.6. The number of anilines is 1. The molecule has 1 aromatic heterocycles. The van der Waals surface area contributed by atoms with Crippen molar-refractivity contribution in [3.8, 4) is 0 Å². The van der Waals surface area contributed by atoms with Crippen molar-refractivity contribution in [3.05, 3.63) is 61.6 Å². The zero-order chi connectivity index (χ0) is 15.6. The second-order valence-electron chi connectivity index (χ2n) is 3.87. The van der Waals surface area contributed by atoms with Gasteiger partial charge in [0.1, 0.15) is 17.2 Å². The number of nitrogens with zero attached hydrogens (tertiary/aromatic N) is 2. The first kappa shape index (κ1) is 15.3. The highest BCUT2D eigenvalue weighted by Gasteiger charge is 2.18. The van der Waals surface area contributed by atoms with Crippen LogP contribution in [-0.2, 0) is 0 Å². The van der Waals surface area contributed by atoms with Gasteiger partial charge >= 0.3 is 0 Å². The largest absolute Gasteiger partial charge is 0.321 e. The minimum absolute atomic E-state index is 0.169. The third-order valence-corrected chi connectivity index (χ3v) is 3.45. The number of rotatable bonds is 3. The zero-order valence-electron chi connectivity index (χ0n) is 10.1. The normalized spacial score (nSPS) is 10.2. The van der Waals surface area contributed by atoms with E-state index in [4.69, 9.17) is 11.6 Å². The summed E-state index contributed by atoms with van der Waals surface area (Å²) in [5.41, 5.74) is -0.382. The molecule has 0 atom stereocenters. The fourth-order valence-electron chi connectivity index (χ4n) is 1.48. The average Bonchev–Trinajstić information content (AvgIpc) is 2.43. The number of hydrogen-bond donors (Lipinski definition) is 1. The third-order valence-electron chi connectivity index (χ3n) is 2.46. The van der Waals surface area contributed by atoms with Crippen molar-refractivity contribution < 1.29 is 14.1 Å². The van der Waals surface area contributed by atoms with E-state index in [9.17, 15) is 19.3 Å². The number of aromatic nitrogens is 1. The van der Waals surface area contributed by atoms with E-state index >= 15 is 0 Å². The lowest BCUT2D eigenvalue weighted by atomic mass is 10.2. The molecule has 9 heteroatoms. The summed E-state index contributed by atoms with van der Waals surface area (Å²) in [5, 5.41) is 12.9. The number of nitrogens with one attached hydrogen (secondary N) is 1. The lowest BCUT2D eigenvalue weighted by molar-refractivity contribution is -0.385. The standard InChI is InChI=1S/C12H6BrClFN3O3/c13-9-2-1-6(15)3-10(9)17-12(19)8-4-7(18(20)21)5-16-11(8)14/h1-5H,(H,17,19). The van der Waals surface area contributed by atoms with E-state index in [0.717, 1.165) is 18.3 Å². The molecule has 21 heavy (non-hydrogen) atoms. The van der Waals surface area contributed by atoms with E-state index in [1.54, 1.807) is 0 Å². The van der Waals surface area contributed by atoms with Crippen LogP contribution in [0.25, 0.3) is 0 Å². The number of carbonyl (C=O) groups is 1. The Bertz CT molecular complexity index is 742. The van der Waals surface area contributed by atoms with Gasteiger partial charge in [0, 0.05) is 10.5 Å². The SMILES string of the molecule is O=C(Nc1cc(F)ccc1Br)c1cc([N+](=O)[O-])cnc1Cl. The predicted molar refractivity (Wildman–Crippen MR) is 78.0 cm³/mol. The maximum absolute atomic E-state index is 13.1. The van der Waals surface area contributed by atoms with Gasteiger partial charge in [-0.25, -0.2) is 9.37 Å². The van der Waals surface area contributed by atoms with Gasteiger partial charge in [-0.2, -0.15) is 0 Å². The van der Waals surface area contributed by atoms with Crippen molar-refractivity contribution in [2.45, 2.75) is 0 Å². The highest BCUT2D eigenvalue weighted by Crippen LogP contribution is 2.25. The van der Waals surface area contributed by atoms with Crippen molar-refractivity contribution in [2.24, 2.45) is 0 Å². The summed E-state index contributed by atoms with van der Waals surface area (Å²) in [6.45, 7) is 0. The topological polar surface area (TPSA) is 85.1 Å². The molecule has 0 radical (unpaired) electrons. The first-order valence-corrected chi connectivity index (χ1v) is 6.62. The molecule has 1 N–H and O–H groups in total. The molecule has 0 saturated carbocycles. The van der Waals surface area contributed by atoms with E-state index in [-0.39, 0.29) is 22.1 Å². The lowest BCUT2D eigenvalue weighted by Gasteiger charge is -2.08. The molecular formula is C12H6BrClFN3O3. The van der Waals surface area contributed by atoms with E-state index in [2.05, 4.69) is 26.2 Å². The molecule has 0 aliphatic rings. The number of hydrogen-bond acceptors (Lipinski definition) is 4. The van der Waals surface area contributed by atoms with Gasteiger partial charge in [-0.1, -0.05) is 11.6 Å². The molecule has 0 saturated heterocycles. The van der Waals surface area contributed by atoms with Crippen LogP contribution in [0, 0.1) is 15.9 Å². The van der Waals surface area contributed by atoms with E-state index in [1.807, 2.05) is 0 Å².